The largest absolute Gasteiger partial charge is 0.330 e. The first-order valence-corrected chi connectivity index (χ1v) is 9.03. The lowest BCUT2D eigenvalue weighted by molar-refractivity contribution is 0.101. The molecule has 5 heteroatoms. The molecular formula is C21H27N3O2. The zero-order valence-electron chi connectivity index (χ0n) is 16.5. The molecule has 0 bridgehead atoms. The molecule has 0 saturated heterocycles. The summed E-state index contributed by atoms with van der Waals surface area (Å²) in [4.78, 5) is 29.1. The number of carbonyl (C=O) groups is 1. The van der Waals surface area contributed by atoms with Gasteiger partial charge in [0.15, 0.2) is 11.3 Å². The molecule has 2 aromatic rings. The summed E-state index contributed by atoms with van der Waals surface area (Å²) >= 11 is 0. The molecule has 0 radical (unpaired) electrons. The van der Waals surface area contributed by atoms with Crippen molar-refractivity contribution in [2.45, 2.75) is 53.6 Å². The van der Waals surface area contributed by atoms with E-state index in [1.54, 1.807) is 18.5 Å². The second-order valence-corrected chi connectivity index (χ2v) is 8.41. The fourth-order valence-corrected chi connectivity index (χ4v) is 3.54. The van der Waals surface area contributed by atoms with E-state index in [2.05, 4.69) is 26.8 Å². The first kappa shape index (κ1) is 18.4. The molecule has 2 heterocycles. The Hall–Kier alpha value is -2.43. The molecule has 1 aliphatic heterocycles. The topological polar surface area (TPSA) is 56.4 Å². The SMILES string of the molecule is CC(=O)c1ccc(C2CC=c3c(n(C)c(=O)n3CC(C)(C)C)=N2)c(C)c1. The Morgan fingerprint density at radius 2 is 2.00 bits per heavy atom. The van der Waals surface area contributed by atoms with Gasteiger partial charge in [-0.1, -0.05) is 39.0 Å². The Kier molecular flexibility index (Phi) is 4.51. The van der Waals surface area contributed by atoms with Gasteiger partial charge in [0.2, 0.25) is 0 Å². The minimum absolute atomic E-state index is 0.0166. The number of hydrogen-bond donors (Lipinski definition) is 0. The zero-order chi connectivity index (χ0) is 19.2. The predicted molar refractivity (Wildman–Crippen MR) is 103 cm³/mol. The number of aromatic nitrogens is 2. The Morgan fingerprint density at radius 3 is 2.58 bits per heavy atom. The van der Waals surface area contributed by atoms with Gasteiger partial charge in [-0.25, -0.2) is 4.79 Å². The minimum atomic E-state index is -0.0282. The van der Waals surface area contributed by atoms with Gasteiger partial charge in [-0.3, -0.25) is 18.9 Å². The Bertz CT molecular complexity index is 1050. The van der Waals surface area contributed by atoms with Gasteiger partial charge in [-0.2, -0.15) is 0 Å². The lowest BCUT2D eigenvalue weighted by atomic mass is 9.95. The van der Waals surface area contributed by atoms with Crippen molar-refractivity contribution in [3.63, 3.8) is 0 Å². The highest BCUT2D eigenvalue weighted by molar-refractivity contribution is 5.94. The van der Waals surface area contributed by atoms with E-state index in [1.165, 1.54) is 0 Å². The minimum Gasteiger partial charge on any atom is -0.295 e. The van der Waals surface area contributed by atoms with Crippen LogP contribution in [0.25, 0.3) is 6.08 Å². The number of nitrogens with zero attached hydrogens (tertiary/aromatic N) is 3. The number of fused-ring (bicyclic) bond motifs is 1. The first-order chi connectivity index (χ1) is 12.1. The highest BCUT2D eigenvalue weighted by atomic mass is 16.1. The van der Waals surface area contributed by atoms with Crippen LogP contribution in [0, 0.1) is 12.3 Å². The monoisotopic (exact) mass is 353 g/mol. The fourth-order valence-electron chi connectivity index (χ4n) is 3.54. The van der Waals surface area contributed by atoms with Crippen molar-refractivity contribution in [1.82, 2.24) is 9.13 Å². The molecule has 0 N–H and O–H groups in total. The summed E-state index contributed by atoms with van der Waals surface area (Å²) < 4.78 is 3.48. The van der Waals surface area contributed by atoms with Crippen molar-refractivity contribution in [2.24, 2.45) is 17.5 Å². The zero-order valence-corrected chi connectivity index (χ0v) is 16.5. The Balaban J connectivity index is 2.09. The highest BCUT2D eigenvalue weighted by Crippen LogP contribution is 2.26. The number of Topliss-reactive ketones (excluding diaryl/α,β-unsaturated/α-hetero) is 1. The molecule has 0 amide bonds. The maximum atomic E-state index is 12.7. The van der Waals surface area contributed by atoms with Gasteiger partial charge in [0.25, 0.3) is 0 Å². The number of carbonyl (C=O) groups excluding carboxylic acids is 1. The lowest BCUT2D eigenvalue weighted by Gasteiger charge is -2.19. The van der Waals surface area contributed by atoms with Gasteiger partial charge in [-0.15, -0.1) is 0 Å². The second-order valence-electron chi connectivity index (χ2n) is 8.41. The molecule has 1 atom stereocenters. The molecule has 26 heavy (non-hydrogen) atoms. The molecule has 3 rings (SSSR count). The van der Waals surface area contributed by atoms with E-state index in [0.717, 1.165) is 33.9 Å². The summed E-state index contributed by atoms with van der Waals surface area (Å²) in [6.07, 6.45) is 2.87. The summed E-state index contributed by atoms with van der Waals surface area (Å²) in [6.45, 7) is 10.6. The van der Waals surface area contributed by atoms with Gasteiger partial charge < -0.3 is 0 Å². The summed E-state index contributed by atoms with van der Waals surface area (Å²) in [6, 6.07) is 5.74. The molecule has 0 aliphatic carbocycles. The Morgan fingerprint density at radius 1 is 1.31 bits per heavy atom. The number of aryl methyl sites for hydroxylation is 1. The van der Waals surface area contributed by atoms with Gasteiger partial charge >= 0.3 is 5.69 Å². The van der Waals surface area contributed by atoms with Crippen LogP contribution < -0.4 is 16.5 Å². The molecule has 0 spiro atoms. The predicted octanol–water partition coefficient (Wildman–Crippen LogP) is 2.29. The summed E-state index contributed by atoms with van der Waals surface area (Å²) in [5, 5.41) is 0.918. The van der Waals surface area contributed by atoms with Crippen molar-refractivity contribution in [2.75, 3.05) is 0 Å². The van der Waals surface area contributed by atoms with Crippen LogP contribution >= 0.6 is 0 Å². The van der Waals surface area contributed by atoms with E-state index in [4.69, 9.17) is 4.99 Å². The van der Waals surface area contributed by atoms with E-state index in [1.807, 2.05) is 29.7 Å². The van der Waals surface area contributed by atoms with E-state index in [-0.39, 0.29) is 22.9 Å². The van der Waals surface area contributed by atoms with Gasteiger partial charge in [0.05, 0.1) is 11.4 Å². The molecular weight excluding hydrogens is 326 g/mol. The van der Waals surface area contributed by atoms with Crippen LogP contribution in [-0.2, 0) is 13.6 Å². The van der Waals surface area contributed by atoms with E-state index in [0.29, 0.717) is 6.54 Å². The van der Waals surface area contributed by atoms with Crippen LogP contribution in [-0.4, -0.2) is 14.9 Å². The number of rotatable bonds is 3. The van der Waals surface area contributed by atoms with Crippen LogP contribution in [0.5, 0.6) is 0 Å². The number of ketones is 1. The summed E-state index contributed by atoms with van der Waals surface area (Å²) in [5.41, 5.74) is 3.62. The van der Waals surface area contributed by atoms with Gasteiger partial charge in [-0.05, 0) is 42.9 Å². The molecule has 1 aliphatic rings. The molecule has 5 nitrogen and oxygen atoms in total. The lowest BCUT2D eigenvalue weighted by Crippen LogP contribution is -2.38. The molecule has 0 fully saturated rings. The van der Waals surface area contributed by atoms with E-state index >= 15 is 0 Å². The van der Waals surface area contributed by atoms with Crippen LogP contribution in [0.4, 0.5) is 0 Å². The normalized spacial score (nSPS) is 16.6. The average Bonchev–Trinajstić information content (AvgIpc) is 2.78. The summed E-state index contributed by atoms with van der Waals surface area (Å²) in [5.74, 6) is 0.0655. The van der Waals surface area contributed by atoms with Crippen LogP contribution in [0.1, 0.15) is 61.6 Å². The first-order valence-electron chi connectivity index (χ1n) is 9.03. The van der Waals surface area contributed by atoms with E-state index in [9.17, 15) is 9.59 Å². The third-order valence-electron chi connectivity index (χ3n) is 4.84. The maximum absolute atomic E-state index is 12.7. The molecule has 0 saturated carbocycles. The van der Waals surface area contributed by atoms with Crippen LogP contribution in [0.2, 0.25) is 0 Å². The average molecular weight is 353 g/mol. The molecule has 1 unspecified atom stereocenters. The van der Waals surface area contributed by atoms with Gasteiger partial charge in [0, 0.05) is 19.2 Å². The Labute approximate surface area is 153 Å². The quantitative estimate of drug-likeness (QED) is 0.795. The fraction of sp³-hybridized carbons (Fsp3) is 0.476. The van der Waals surface area contributed by atoms with Crippen molar-refractivity contribution in [3.8, 4) is 0 Å². The standard InChI is InChI=1S/C21H27N3O2/c1-13-11-15(14(2)25)7-8-16(13)17-9-10-18-19(22-17)23(6)20(26)24(18)12-21(3,4)5/h7-8,10-11,17H,9,12H2,1-6H3. The molecule has 1 aromatic heterocycles. The third-order valence-corrected chi connectivity index (χ3v) is 4.84. The van der Waals surface area contributed by atoms with Crippen molar-refractivity contribution >= 4 is 11.9 Å². The highest BCUT2D eigenvalue weighted by Gasteiger charge is 2.21. The summed E-state index contributed by atoms with van der Waals surface area (Å²) in [7, 11) is 1.78. The molecule has 138 valence electrons. The van der Waals surface area contributed by atoms with Gasteiger partial charge in [0.1, 0.15) is 0 Å². The second kappa shape index (κ2) is 6.38. The van der Waals surface area contributed by atoms with Crippen LogP contribution in [0.3, 0.4) is 0 Å². The van der Waals surface area contributed by atoms with Crippen LogP contribution in [0.15, 0.2) is 28.0 Å². The maximum Gasteiger partial charge on any atom is 0.330 e. The smallest absolute Gasteiger partial charge is 0.295 e. The number of hydrogen-bond acceptors (Lipinski definition) is 3. The van der Waals surface area contributed by atoms with Crippen molar-refractivity contribution < 1.29 is 4.79 Å². The molecule has 1 aromatic carbocycles. The number of benzene rings is 1. The van der Waals surface area contributed by atoms with Crippen molar-refractivity contribution in [3.05, 3.63) is 56.2 Å². The number of imidazole rings is 1. The van der Waals surface area contributed by atoms with E-state index < -0.39 is 0 Å². The third kappa shape index (κ3) is 3.30. The van der Waals surface area contributed by atoms with Crippen molar-refractivity contribution in [1.29, 1.82) is 0 Å².